The van der Waals surface area contributed by atoms with E-state index in [0.29, 0.717) is 15.0 Å². The van der Waals surface area contributed by atoms with Crippen LogP contribution in [0.25, 0.3) is 0 Å². The van der Waals surface area contributed by atoms with Crippen LogP contribution in [0.15, 0.2) is 24.3 Å². The molecule has 0 aliphatic rings. The number of ether oxygens (including phenoxy) is 1. The van der Waals surface area contributed by atoms with E-state index in [1.54, 1.807) is 0 Å². The van der Waals surface area contributed by atoms with Crippen LogP contribution >= 0.6 is 0 Å². The van der Waals surface area contributed by atoms with Crippen LogP contribution in [0.5, 0.6) is 5.75 Å². The van der Waals surface area contributed by atoms with Gasteiger partial charge < -0.3 is 0 Å². The van der Waals surface area contributed by atoms with Crippen molar-refractivity contribution >= 4 is 25.4 Å². The van der Waals surface area contributed by atoms with E-state index >= 15 is 0 Å². The molecular formula is C15H22O2Se. The molecule has 100 valence electrons. The zero-order chi connectivity index (χ0) is 13.2. The Labute approximate surface area is 116 Å². The van der Waals surface area contributed by atoms with Crippen LogP contribution in [0.3, 0.4) is 0 Å². The molecule has 2 nitrogen and oxygen atoms in total. The SMILES string of the molecule is CCCCCCC[Se]c1ccccc1OC(C)=O. The Balaban J connectivity index is 2.34. The summed E-state index contributed by atoms with van der Waals surface area (Å²) in [5, 5.41) is 1.23. The number of rotatable bonds is 8. The third kappa shape index (κ3) is 6.23. The van der Waals surface area contributed by atoms with Crippen LogP contribution in [0.2, 0.25) is 5.32 Å². The maximum absolute atomic E-state index is 11.0. The molecule has 18 heavy (non-hydrogen) atoms. The molecule has 0 aromatic heterocycles. The Morgan fingerprint density at radius 3 is 2.61 bits per heavy atom. The summed E-state index contributed by atoms with van der Waals surface area (Å²) < 4.78 is 6.42. The minimum absolute atomic E-state index is 0.235. The topological polar surface area (TPSA) is 26.3 Å². The first-order chi connectivity index (χ1) is 8.74. The monoisotopic (exact) mass is 314 g/mol. The van der Waals surface area contributed by atoms with Gasteiger partial charge in [0.15, 0.2) is 0 Å². The summed E-state index contributed by atoms with van der Waals surface area (Å²) in [4.78, 5) is 11.0. The second-order valence-electron chi connectivity index (χ2n) is 4.30. The van der Waals surface area contributed by atoms with Gasteiger partial charge in [-0.1, -0.05) is 0 Å². The summed E-state index contributed by atoms with van der Waals surface area (Å²) in [6.45, 7) is 3.69. The van der Waals surface area contributed by atoms with Crippen molar-refractivity contribution in [2.45, 2.75) is 51.3 Å². The van der Waals surface area contributed by atoms with Gasteiger partial charge in [-0.05, 0) is 0 Å². The van der Waals surface area contributed by atoms with E-state index in [2.05, 4.69) is 13.0 Å². The number of hydrogen-bond donors (Lipinski definition) is 0. The minimum atomic E-state index is -0.235. The first-order valence-corrected chi connectivity index (χ1v) is 8.71. The Morgan fingerprint density at radius 1 is 1.17 bits per heavy atom. The van der Waals surface area contributed by atoms with Gasteiger partial charge in [0.2, 0.25) is 0 Å². The molecule has 0 fully saturated rings. The predicted octanol–water partition coefficient (Wildman–Crippen LogP) is 3.33. The van der Waals surface area contributed by atoms with Crippen LogP contribution in [0.1, 0.15) is 46.0 Å². The third-order valence-electron chi connectivity index (χ3n) is 2.61. The molecule has 1 rings (SSSR count). The van der Waals surface area contributed by atoms with Gasteiger partial charge in [-0.3, -0.25) is 0 Å². The Hall–Kier alpha value is -0.791. The van der Waals surface area contributed by atoms with E-state index < -0.39 is 0 Å². The van der Waals surface area contributed by atoms with E-state index in [1.165, 1.54) is 48.8 Å². The molecule has 0 amide bonds. The Kier molecular flexibility index (Phi) is 7.79. The Bertz CT molecular complexity index is 363. The molecule has 0 bridgehead atoms. The van der Waals surface area contributed by atoms with Crippen LogP contribution < -0.4 is 9.20 Å². The molecule has 0 atom stereocenters. The zero-order valence-corrected chi connectivity index (χ0v) is 13.0. The van der Waals surface area contributed by atoms with Crippen molar-refractivity contribution in [3.8, 4) is 5.75 Å². The molecule has 0 radical (unpaired) electrons. The molecule has 0 spiro atoms. The van der Waals surface area contributed by atoms with Gasteiger partial charge in [0.25, 0.3) is 0 Å². The van der Waals surface area contributed by atoms with Crippen LogP contribution in [0.4, 0.5) is 0 Å². The van der Waals surface area contributed by atoms with Crippen molar-refractivity contribution in [3.63, 3.8) is 0 Å². The zero-order valence-electron chi connectivity index (χ0n) is 11.3. The van der Waals surface area contributed by atoms with Gasteiger partial charge >= 0.3 is 116 Å². The molecule has 0 saturated heterocycles. The quantitative estimate of drug-likeness (QED) is 0.318. The number of carbonyl (C=O) groups is 1. The fourth-order valence-electron chi connectivity index (χ4n) is 1.70. The van der Waals surface area contributed by atoms with E-state index in [4.69, 9.17) is 4.74 Å². The van der Waals surface area contributed by atoms with Gasteiger partial charge in [-0.15, -0.1) is 0 Å². The van der Waals surface area contributed by atoms with E-state index in [1.807, 2.05) is 18.2 Å². The fraction of sp³-hybridized carbons (Fsp3) is 0.533. The average Bonchev–Trinajstić information content (AvgIpc) is 2.35. The normalized spacial score (nSPS) is 10.3. The van der Waals surface area contributed by atoms with Crippen molar-refractivity contribution in [1.29, 1.82) is 0 Å². The first-order valence-electron chi connectivity index (χ1n) is 6.64. The van der Waals surface area contributed by atoms with Crippen LogP contribution in [-0.4, -0.2) is 20.9 Å². The third-order valence-corrected chi connectivity index (χ3v) is 5.00. The predicted molar refractivity (Wildman–Crippen MR) is 76.7 cm³/mol. The molecule has 1 aromatic rings. The molecule has 0 unspecified atom stereocenters. The van der Waals surface area contributed by atoms with Gasteiger partial charge in [-0.2, -0.15) is 0 Å². The summed E-state index contributed by atoms with van der Waals surface area (Å²) in [7, 11) is 0. The molecule has 0 N–H and O–H groups in total. The maximum atomic E-state index is 11.0. The van der Waals surface area contributed by atoms with Crippen LogP contribution in [-0.2, 0) is 4.79 Å². The molecule has 0 heterocycles. The molecule has 1 aromatic carbocycles. The van der Waals surface area contributed by atoms with E-state index in [9.17, 15) is 4.79 Å². The second-order valence-corrected chi connectivity index (χ2v) is 6.69. The molecule has 0 aliphatic carbocycles. The number of benzene rings is 1. The molecule has 3 heteroatoms. The average molecular weight is 313 g/mol. The van der Waals surface area contributed by atoms with Gasteiger partial charge in [-0.25, -0.2) is 0 Å². The van der Waals surface area contributed by atoms with Crippen molar-refractivity contribution in [2.24, 2.45) is 0 Å². The number of unbranched alkanes of at least 4 members (excludes halogenated alkanes) is 4. The van der Waals surface area contributed by atoms with Crippen LogP contribution in [0, 0.1) is 0 Å². The van der Waals surface area contributed by atoms with Crippen molar-refractivity contribution in [1.82, 2.24) is 0 Å². The number of para-hydroxylation sites is 1. The molecule has 0 saturated carbocycles. The summed E-state index contributed by atoms with van der Waals surface area (Å²) in [5.41, 5.74) is 0. The molecule has 0 aliphatic heterocycles. The first kappa shape index (κ1) is 15.3. The van der Waals surface area contributed by atoms with Crippen molar-refractivity contribution < 1.29 is 9.53 Å². The van der Waals surface area contributed by atoms with E-state index in [0.717, 1.165) is 5.75 Å². The summed E-state index contributed by atoms with van der Waals surface area (Å²) >= 11 is 0.415. The Morgan fingerprint density at radius 2 is 1.89 bits per heavy atom. The summed E-state index contributed by atoms with van der Waals surface area (Å²) in [6.07, 6.45) is 6.59. The second kappa shape index (κ2) is 9.18. The van der Waals surface area contributed by atoms with E-state index in [-0.39, 0.29) is 5.97 Å². The molecular weight excluding hydrogens is 291 g/mol. The summed E-state index contributed by atoms with van der Waals surface area (Å²) in [6, 6.07) is 7.89. The van der Waals surface area contributed by atoms with Gasteiger partial charge in [0, 0.05) is 0 Å². The fourth-order valence-corrected chi connectivity index (χ4v) is 3.78. The number of hydrogen-bond acceptors (Lipinski definition) is 2. The number of carbonyl (C=O) groups excluding carboxylic acids is 1. The summed E-state index contributed by atoms with van der Waals surface area (Å²) in [5.74, 6) is 0.514. The van der Waals surface area contributed by atoms with Gasteiger partial charge in [0.1, 0.15) is 0 Å². The number of esters is 1. The van der Waals surface area contributed by atoms with Crippen molar-refractivity contribution in [2.75, 3.05) is 0 Å². The standard InChI is InChI=1S/C15H22O2Se/c1-3-4-5-6-9-12-18-15-11-8-7-10-14(15)17-13(2)16/h7-8,10-11H,3-6,9,12H2,1-2H3. The van der Waals surface area contributed by atoms with Crippen molar-refractivity contribution in [3.05, 3.63) is 24.3 Å². The van der Waals surface area contributed by atoms with Gasteiger partial charge in [0.05, 0.1) is 0 Å².